The number of carbonyl (C=O) groups is 3. The number of amides is 3. The van der Waals surface area contributed by atoms with Crippen LogP contribution in [0.5, 0.6) is 0 Å². The van der Waals surface area contributed by atoms with Crippen molar-refractivity contribution in [2.24, 2.45) is 0 Å². The van der Waals surface area contributed by atoms with Crippen LogP contribution >= 0.6 is 24.0 Å². The SMILES string of the molecule is C=CCN1C(=O)/C(=C2/C(=O)N(CC(=O)Nc3ccccc3F)c3ccccc32)SC1=S. The van der Waals surface area contributed by atoms with Crippen LogP contribution in [0.4, 0.5) is 15.8 Å². The first-order chi connectivity index (χ1) is 14.9. The molecule has 0 saturated carbocycles. The summed E-state index contributed by atoms with van der Waals surface area (Å²) in [6, 6.07) is 12.7. The maximum atomic E-state index is 13.9. The van der Waals surface area contributed by atoms with Gasteiger partial charge in [-0.2, -0.15) is 0 Å². The van der Waals surface area contributed by atoms with E-state index in [-0.39, 0.29) is 35.2 Å². The molecule has 0 unspecified atom stereocenters. The van der Waals surface area contributed by atoms with Gasteiger partial charge >= 0.3 is 0 Å². The molecule has 3 amide bonds. The Labute approximate surface area is 187 Å². The second-order valence-corrected chi connectivity index (χ2v) is 8.36. The first-order valence-corrected chi connectivity index (χ1v) is 10.5. The molecule has 1 saturated heterocycles. The first kappa shape index (κ1) is 21.0. The summed E-state index contributed by atoms with van der Waals surface area (Å²) in [4.78, 5) is 41.6. The smallest absolute Gasteiger partial charge is 0.267 e. The molecule has 1 fully saturated rings. The van der Waals surface area contributed by atoms with E-state index in [1.165, 1.54) is 28.0 Å². The summed E-state index contributed by atoms with van der Waals surface area (Å²) >= 11 is 6.33. The topological polar surface area (TPSA) is 69.7 Å². The lowest BCUT2D eigenvalue weighted by Gasteiger charge is -2.17. The fourth-order valence-electron chi connectivity index (χ4n) is 3.39. The molecule has 9 heteroatoms. The summed E-state index contributed by atoms with van der Waals surface area (Å²) in [6.45, 7) is 3.54. The maximum Gasteiger partial charge on any atom is 0.267 e. The van der Waals surface area contributed by atoms with Crippen LogP contribution < -0.4 is 10.2 Å². The number of halogens is 1. The lowest BCUT2D eigenvalue weighted by Crippen LogP contribution is -2.35. The van der Waals surface area contributed by atoms with Crippen LogP contribution in [-0.2, 0) is 14.4 Å². The van der Waals surface area contributed by atoms with Gasteiger partial charge in [-0.15, -0.1) is 6.58 Å². The van der Waals surface area contributed by atoms with Crippen LogP contribution in [0.3, 0.4) is 0 Å². The lowest BCUT2D eigenvalue weighted by molar-refractivity contribution is -0.122. The quantitative estimate of drug-likeness (QED) is 0.426. The largest absolute Gasteiger partial charge is 0.322 e. The predicted molar refractivity (Wildman–Crippen MR) is 123 cm³/mol. The molecular weight excluding hydrogens is 437 g/mol. The van der Waals surface area contributed by atoms with Crippen molar-refractivity contribution in [3.63, 3.8) is 0 Å². The van der Waals surface area contributed by atoms with E-state index in [1.54, 1.807) is 36.4 Å². The van der Waals surface area contributed by atoms with Gasteiger partial charge in [0.25, 0.3) is 11.8 Å². The van der Waals surface area contributed by atoms with Gasteiger partial charge in [-0.05, 0) is 18.2 Å². The Kier molecular flexibility index (Phi) is 5.71. The van der Waals surface area contributed by atoms with Gasteiger partial charge in [0, 0.05) is 12.1 Å². The monoisotopic (exact) mass is 453 g/mol. The van der Waals surface area contributed by atoms with Gasteiger partial charge < -0.3 is 5.32 Å². The molecule has 31 heavy (non-hydrogen) atoms. The molecule has 156 valence electrons. The highest BCUT2D eigenvalue weighted by molar-refractivity contribution is 8.26. The van der Waals surface area contributed by atoms with Crippen LogP contribution in [0.2, 0.25) is 0 Å². The molecule has 4 rings (SSSR count). The number of benzene rings is 2. The lowest BCUT2D eigenvalue weighted by atomic mass is 10.1. The number of para-hydroxylation sites is 2. The summed E-state index contributed by atoms with van der Waals surface area (Å²) in [5.41, 5.74) is 1.28. The van der Waals surface area contributed by atoms with Crippen LogP contribution in [0.25, 0.3) is 5.57 Å². The van der Waals surface area contributed by atoms with Crippen molar-refractivity contribution in [1.82, 2.24) is 4.90 Å². The Bertz CT molecular complexity index is 1180. The molecule has 0 atom stereocenters. The van der Waals surface area contributed by atoms with Crippen molar-refractivity contribution in [3.8, 4) is 0 Å². The van der Waals surface area contributed by atoms with Crippen molar-refractivity contribution < 1.29 is 18.8 Å². The fourth-order valence-corrected chi connectivity index (χ4v) is 4.73. The van der Waals surface area contributed by atoms with Gasteiger partial charge in [0.2, 0.25) is 5.91 Å². The summed E-state index contributed by atoms with van der Waals surface area (Å²) < 4.78 is 14.2. The number of hydrogen-bond acceptors (Lipinski definition) is 5. The van der Waals surface area contributed by atoms with Crippen LogP contribution in [-0.4, -0.2) is 40.0 Å². The van der Waals surface area contributed by atoms with E-state index in [4.69, 9.17) is 12.2 Å². The minimum atomic E-state index is -0.574. The number of carbonyl (C=O) groups excluding carboxylic acids is 3. The summed E-state index contributed by atoms with van der Waals surface area (Å²) in [5.74, 6) is -1.99. The Balaban J connectivity index is 1.66. The molecule has 0 spiro atoms. The molecule has 2 aliphatic heterocycles. The van der Waals surface area contributed by atoms with E-state index >= 15 is 0 Å². The van der Waals surface area contributed by atoms with Crippen molar-refractivity contribution in [2.45, 2.75) is 0 Å². The minimum Gasteiger partial charge on any atom is -0.322 e. The van der Waals surface area contributed by atoms with Gasteiger partial charge in [-0.1, -0.05) is 60.4 Å². The van der Waals surface area contributed by atoms with Gasteiger partial charge in [-0.25, -0.2) is 4.39 Å². The zero-order valence-electron chi connectivity index (χ0n) is 16.1. The second-order valence-electron chi connectivity index (χ2n) is 6.71. The van der Waals surface area contributed by atoms with E-state index in [2.05, 4.69) is 11.9 Å². The number of nitrogens with one attached hydrogen (secondary N) is 1. The fraction of sp³-hybridized carbons (Fsp3) is 0.0909. The minimum absolute atomic E-state index is 0.0259. The van der Waals surface area contributed by atoms with Gasteiger partial charge in [0.05, 0.1) is 21.9 Å². The van der Waals surface area contributed by atoms with E-state index in [9.17, 15) is 18.8 Å². The first-order valence-electron chi connectivity index (χ1n) is 9.27. The number of fused-ring (bicyclic) bond motifs is 1. The standard InChI is InChI=1S/C22H16FN3O3S2/c1-2-11-25-21(29)19(31-22(25)30)18-13-7-3-6-10-16(13)26(20(18)28)12-17(27)24-15-9-5-4-8-14(15)23/h2-10H,1,11-12H2,(H,24,27)/b19-18-. The molecule has 2 aliphatic rings. The molecular formula is C22H16FN3O3S2. The predicted octanol–water partition coefficient (Wildman–Crippen LogP) is 3.57. The number of anilines is 2. The molecule has 1 N–H and O–H groups in total. The summed E-state index contributed by atoms with van der Waals surface area (Å²) in [5, 5.41) is 2.48. The Morgan fingerprint density at radius 3 is 2.55 bits per heavy atom. The molecule has 2 aromatic carbocycles. The van der Waals surface area contributed by atoms with Crippen molar-refractivity contribution in [3.05, 3.63) is 77.5 Å². The van der Waals surface area contributed by atoms with E-state index in [0.717, 1.165) is 11.8 Å². The molecule has 0 bridgehead atoms. The number of hydrogen-bond donors (Lipinski definition) is 1. The van der Waals surface area contributed by atoms with Crippen LogP contribution in [0.15, 0.2) is 66.1 Å². The molecule has 2 aromatic rings. The average molecular weight is 454 g/mol. The normalized spacial score (nSPS) is 17.9. The van der Waals surface area contributed by atoms with E-state index in [1.807, 2.05) is 0 Å². The number of nitrogens with zero attached hydrogens (tertiary/aromatic N) is 2. The molecule has 0 radical (unpaired) electrons. The Morgan fingerprint density at radius 1 is 1.10 bits per heavy atom. The molecule has 6 nitrogen and oxygen atoms in total. The Hall–Kier alpha value is -3.30. The maximum absolute atomic E-state index is 13.9. The highest BCUT2D eigenvalue weighted by atomic mass is 32.2. The van der Waals surface area contributed by atoms with Crippen LogP contribution in [0, 0.1) is 5.82 Å². The third-order valence-electron chi connectivity index (χ3n) is 4.76. The highest BCUT2D eigenvalue weighted by Crippen LogP contribution is 2.44. The summed E-state index contributed by atoms with van der Waals surface area (Å²) in [7, 11) is 0. The third-order valence-corrected chi connectivity index (χ3v) is 6.21. The third kappa shape index (κ3) is 3.77. The second kappa shape index (κ2) is 8.44. The van der Waals surface area contributed by atoms with E-state index < -0.39 is 17.6 Å². The molecule has 2 heterocycles. The van der Waals surface area contributed by atoms with Crippen LogP contribution in [0.1, 0.15) is 5.56 Å². The van der Waals surface area contributed by atoms with Gasteiger partial charge in [0.15, 0.2) is 0 Å². The van der Waals surface area contributed by atoms with E-state index in [0.29, 0.717) is 15.6 Å². The number of thioether (sulfide) groups is 1. The Morgan fingerprint density at radius 2 is 1.81 bits per heavy atom. The highest BCUT2D eigenvalue weighted by Gasteiger charge is 2.42. The zero-order valence-corrected chi connectivity index (χ0v) is 17.8. The zero-order chi connectivity index (χ0) is 22.1. The molecule has 0 aromatic heterocycles. The van der Waals surface area contributed by atoms with Gasteiger partial charge in [0.1, 0.15) is 16.7 Å². The van der Waals surface area contributed by atoms with Crippen molar-refractivity contribution >= 4 is 63.0 Å². The summed E-state index contributed by atoms with van der Waals surface area (Å²) in [6.07, 6.45) is 1.56. The number of rotatable bonds is 5. The average Bonchev–Trinajstić information content (AvgIpc) is 3.18. The molecule has 0 aliphatic carbocycles. The number of thiocarbonyl (C=S) groups is 1. The van der Waals surface area contributed by atoms with Crippen molar-refractivity contribution in [1.29, 1.82) is 0 Å². The van der Waals surface area contributed by atoms with Crippen molar-refractivity contribution in [2.75, 3.05) is 23.3 Å². The van der Waals surface area contributed by atoms with Gasteiger partial charge in [-0.3, -0.25) is 24.2 Å².